The second kappa shape index (κ2) is 7.82. The number of hydrogen-bond donors (Lipinski definition) is 1. The maximum absolute atomic E-state index is 11.6. The molecule has 0 saturated carbocycles. The summed E-state index contributed by atoms with van der Waals surface area (Å²) in [6.45, 7) is 5.19. The average Bonchev–Trinajstić information content (AvgIpc) is 3.07. The first-order valence-electron chi connectivity index (χ1n) is 6.89. The lowest BCUT2D eigenvalue weighted by Gasteiger charge is -2.01. The molecule has 0 bridgehead atoms. The quantitative estimate of drug-likeness (QED) is 0.589. The number of rotatable bonds is 8. The molecule has 8 heteroatoms. The van der Waals surface area contributed by atoms with E-state index in [9.17, 15) is 4.79 Å². The molecule has 0 unspecified atom stereocenters. The van der Waals surface area contributed by atoms with Gasteiger partial charge in [0.15, 0.2) is 0 Å². The molecular weight excluding hydrogens is 290 g/mol. The Morgan fingerprint density at radius 2 is 2.33 bits per heavy atom. The highest BCUT2D eigenvalue weighted by Crippen LogP contribution is 2.16. The van der Waals surface area contributed by atoms with Crippen LogP contribution in [-0.4, -0.2) is 38.2 Å². The van der Waals surface area contributed by atoms with Crippen LogP contribution < -0.4 is 5.32 Å². The molecule has 2 aromatic rings. The highest BCUT2D eigenvalue weighted by atomic mass is 32.2. The van der Waals surface area contributed by atoms with Crippen molar-refractivity contribution in [2.45, 2.75) is 38.5 Å². The normalized spacial score (nSPS) is 10.8. The van der Waals surface area contributed by atoms with Gasteiger partial charge in [-0.3, -0.25) is 9.48 Å². The van der Waals surface area contributed by atoms with E-state index in [4.69, 9.17) is 4.42 Å². The Kier molecular flexibility index (Phi) is 5.79. The third-order valence-corrected chi connectivity index (χ3v) is 3.66. The van der Waals surface area contributed by atoms with E-state index in [1.54, 1.807) is 10.9 Å². The first-order chi connectivity index (χ1) is 10.2. The molecule has 0 aliphatic heterocycles. The number of unbranched alkanes of at least 4 members (excludes halogenated alkanes) is 1. The van der Waals surface area contributed by atoms with Crippen LogP contribution in [0.1, 0.15) is 31.4 Å². The largest absolute Gasteiger partial charge is 0.414 e. The minimum atomic E-state index is -0.0175. The summed E-state index contributed by atoms with van der Waals surface area (Å²) in [4.78, 5) is 11.6. The van der Waals surface area contributed by atoms with Crippen LogP contribution in [0.2, 0.25) is 0 Å². The Morgan fingerprint density at radius 3 is 3.05 bits per heavy atom. The number of nitrogens with zero attached hydrogens (tertiary/aromatic N) is 4. The zero-order chi connectivity index (χ0) is 15.1. The van der Waals surface area contributed by atoms with E-state index >= 15 is 0 Å². The molecular formula is C13H19N5O2S. The van der Waals surface area contributed by atoms with E-state index in [-0.39, 0.29) is 11.7 Å². The summed E-state index contributed by atoms with van der Waals surface area (Å²) < 4.78 is 7.27. The Morgan fingerprint density at radius 1 is 1.48 bits per heavy atom. The van der Waals surface area contributed by atoms with Crippen LogP contribution in [-0.2, 0) is 11.3 Å². The molecule has 7 nitrogen and oxygen atoms in total. The maximum atomic E-state index is 11.6. The molecule has 1 amide bonds. The fourth-order valence-corrected chi connectivity index (χ4v) is 2.25. The monoisotopic (exact) mass is 309 g/mol. The summed E-state index contributed by atoms with van der Waals surface area (Å²) >= 11 is 1.24. The molecule has 2 aromatic heterocycles. The van der Waals surface area contributed by atoms with E-state index in [1.165, 1.54) is 11.8 Å². The lowest BCUT2D eigenvalue weighted by Crippen LogP contribution is -2.25. The number of hydrogen-bond acceptors (Lipinski definition) is 6. The molecule has 21 heavy (non-hydrogen) atoms. The van der Waals surface area contributed by atoms with Gasteiger partial charge in [0, 0.05) is 18.4 Å². The highest BCUT2D eigenvalue weighted by Gasteiger charge is 2.10. The second-order valence-electron chi connectivity index (χ2n) is 4.58. The van der Waals surface area contributed by atoms with Gasteiger partial charge >= 0.3 is 0 Å². The van der Waals surface area contributed by atoms with Gasteiger partial charge in [0.25, 0.3) is 5.22 Å². The molecule has 2 heterocycles. The van der Waals surface area contributed by atoms with E-state index in [2.05, 4.69) is 27.5 Å². The van der Waals surface area contributed by atoms with Gasteiger partial charge < -0.3 is 9.73 Å². The van der Waals surface area contributed by atoms with Crippen LogP contribution in [0, 0.1) is 6.92 Å². The van der Waals surface area contributed by atoms with Crippen LogP contribution in [0.3, 0.4) is 0 Å². The predicted molar refractivity (Wildman–Crippen MR) is 79.0 cm³/mol. The molecule has 0 saturated heterocycles. The van der Waals surface area contributed by atoms with Gasteiger partial charge in [0.1, 0.15) is 6.54 Å². The molecule has 0 fully saturated rings. The van der Waals surface area contributed by atoms with Crippen molar-refractivity contribution in [3.8, 4) is 0 Å². The number of thioether (sulfide) groups is 1. The number of carbonyl (C=O) groups is 1. The lowest BCUT2D eigenvalue weighted by molar-refractivity contribution is -0.118. The average molecular weight is 309 g/mol. The van der Waals surface area contributed by atoms with Crippen molar-refractivity contribution in [3.63, 3.8) is 0 Å². The minimum Gasteiger partial charge on any atom is -0.414 e. The summed E-state index contributed by atoms with van der Waals surface area (Å²) in [5.41, 5.74) is 1.03. The minimum absolute atomic E-state index is 0.0175. The summed E-state index contributed by atoms with van der Waals surface area (Å²) in [7, 11) is 0. The number of amides is 1. The summed E-state index contributed by atoms with van der Waals surface area (Å²) in [6, 6.07) is 1.91. The smallest absolute Gasteiger partial charge is 0.277 e. The SMILES string of the molecule is CCCCNC(=O)CSc1nnc(Cn2nccc2C)o1. The first kappa shape index (κ1) is 15.6. The van der Waals surface area contributed by atoms with Gasteiger partial charge in [-0.2, -0.15) is 5.10 Å². The van der Waals surface area contributed by atoms with Crippen molar-refractivity contribution in [2.24, 2.45) is 0 Å². The van der Waals surface area contributed by atoms with E-state index in [1.807, 2.05) is 13.0 Å². The lowest BCUT2D eigenvalue weighted by atomic mass is 10.3. The Hall–Kier alpha value is -1.83. The van der Waals surface area contributed by atoms with Crippen LogP contribution in [0.25, 0.3) is 0 Å². The molecule has 0 aliphatic carbocycles. The van der Waals surface area contributed by atoms with Gasteiger partial charge in [-0.1, -0.05) is 25.1 Å². The van der Waals surface area contributed by atoms with Crippen LogP contribution in [0.4, 0.5) is 0 Å². The van der Waals surface area contributed by atoms with Crippen molar-refractivity contribution >= 4 is 17.7 Å². The number of aryl methyl sites for hydroxylation is 1. The predicted octanol–water partition coefficient (Wildman–Crippen LogP) is 1.63. The van der Waals surface area contributed by atoms with Gasteiger partial charge in [0.05, 0.1) is 5.75 Å². The molecule has 0 radical (unpaired) electrons. The fourth-order valence-electron chi connectivity index (χ4n) is 1.64. The molecule has 0 aliphatic rings. The number of carbonyl (C=O) groups excluding carboxylic acids is 1. The molecule has 2 rings (SSSR count). The van der Waals surface area contributed by atoms with Gasteiger partial charge in [-0.25, -0.2) is 0 Å². The van der Waals surface area contributed by atoms with Crippen molar-refractivity contribution in [3.05, 3.63) is 23.8 Å². The van der Waals surface area contributed by atoms with Crippen molar-refractivity contribution in [1.82, 2.24) is 25.3 Å². The van der Waals surface area contributed by atoms with Crippen LogP contribution in [0.5, 0.6) is 0 Å². The zero-order valence-electron chi connectivity index (χ0n) is 12.2. The first-order valence-corrected chi connectivity index (χ1v) is 7.88. The van der Waals surface area contributed by atoms with Crippen molar-refractivity contribution in [2.75, 3.05) is 12.3 Å². The summed E-state index contributed by atoms with van der Waals surface area (Å²) in [6.07, 6.45) is 3.78. The van der Waals surface area contributed by atoms with Gasteiger partial charge in [-0.15, -0.1) is 10.2 Å². The fraction of sp³-hybridized carbons (Fsp3) is 0.538. The number of aromatic nitrogens is 4. The number of nitrogens with one attached hydrogen (secondary N) is 1. The molecule has 0 spiro atoms. The van der Waals surface area contributed by atoms with E-state index in [0.29, 0.717) is 24.2 Å². The summed E-state index contributed by atoms with van der Waals surface area (Å²) in [5.74, 6) is 0.749. The van der Waals surface area contributed by atoms with Gasteiger partial charge in [-0.05, 0) is 19.4 Å². The van der Waals surface area contributed by atoms with Crippen LogP contribution >= 0.6 is 11.8 Å². The second-order valence-corrected chi connectivity index (χ2v) is 5.51. The topological polar surface area (TPSA) is 85.8 Å². The molecule has 114 valence electrons. The Balaban J connectivity index is 1.78. The summed E-state index contributed by atoms with van der Waals surface area (Å²) in [5, 5.41) is 15.3. The molecule has 0 atom stereocenters. The zero-order valence-corrected chi connectivity index (χ0v) is 13.0. The third kappa shape index (κ3) is 4.89. The van der Waals surface area contributed by atoms with Crippen molar-refractivity contribution < 1.29 is 9.21 Å². The van der Waals surface area contributed by atoms with Crippen LogP contribution in [0.15, 0.2) is 21.9 Å². The van der Waals surface area contributed by atoms with E-state index < -0.39 is 0 Å². The Labute approximate surface area is 127 Å². The molecule has 1 N–H and O–H groups in total. The standard InChI is InChI=1S/C13H19N5O2S/c1-3-4-6-14-11(19)9-21-13-17-16-12(20-13)8-18-10(2)5-7-15-18/h5,7H,3-4,6,8-9H2,1-2H3,(H,14,19). The van der Waals surface area contributed by atoms with E-state index in [0.717, 1.165) is 18.5 Å². The maximum Gasteiger partial charge on any atom is 0.277 e. The van der Waals surface area contributed by atoms with Gasteiger partial charge in [0.2, 0.25) is 11.8 Å². The highest BCUT2D eigenvalue weighted by molar-refractivity contribution is 7.99. The van der Waals surface area contributed by atoms with Crippen molar-refractivity contribution in [1.29, 1.82) is 0 Å². The third-order valence-electron chi connectivity index (χ3n) is 2.84. The molecule has 0 aromatic carbocycles. The Bertz CT molecular complexity index is 581.